The van der Waals surface area contributed by atoms with Gasteiger partial charge in [0.15, 0.2) is 0 Å². The summed E-state index contributed by atoms with van der Waals surface area (Å²) in [6, 6.07) is 3.96. The highest BCUT2D eigenvalue weighted by molar-refractivity contribution is 5.51. The first-order valence-corrected chi connectivity index (χ1v) is 6.74. The Balaban J connectivity index is 1.92. The summed E-state index contributed by atoms with van der Waals surface area (Å²) in [6.45, 7) is 3.07. The lowest BCUT2D eigenvalue weighted by molar-refractivity contribution is -0.387. The summed E-state index contributed by atoms with van der Waals surface area (Å²) in [6.07, 6.45) is 4.88. The zero-order chi connectivity index (χ0) is 13.8. The van der Waals surface area contributed by atoms with Gasteiger partial charge in [0.05, 0.1) is 4.92 Å². The maximum absolute atomic E-state index is 13.2. The second-order valence-corrected chi connectivity index (χ2v) is 5.43. The van der Waals surface area contributed by atoms with E-state index in [1.807, 2.05) is 0 Å². The Hall–Kier alpha value is -1.65. The number of nitrogens with one attached hydrogen (secondary N) is 1. The second-order valence-electron chi connectivity index (χ2n) is 5.43. The summed E-state index contributed by atoms with van der Waals surface area (Å²) in [4.78, 5) is 9.96. The molecule has 0 amide bonds. The molecule has 0 bridgehead atoms. The minimum absolute atomic E-state index is 0.470. The van der Waals surface area contributed by atoms with E-state index in [2.05, 4.69) is 12.2 Å². The Labute approximate surface area is 112 Å². The number of nitrogens with zero attached hydrogens (tertiary/aromatic N) is 1. The van der Waals surface area contributed by atoms with Crippen LogP contribution in [-0.2, 0) is 0 Å². The molecule has 0 unspecified atom stereocenters. The Morgan fingerprint density at radius 3 is 2.68 bits per heavy atom. The fraction of sp³-hybridized carbons (Fsp3) is 0.571. The van der Waals surface area contributed by atoms with Crippen LogP contribution < -0.4 is 5.32 Å². The monoisotopic (exact) mass is 266 g/mol. The first kappa shape index (κ1) is 13.8. The summed E-state index contributed by atoms with van der Waals surface area (Å²) in [5.74, 6) is 0.630. The van der Waals surface area contributed by atoms with Crippen molar-refractivity contribution in [3.8, 4) is 0 Å². The summed E-state index contributed by atoms with van der Waals surface area (Å²) >= 11 is 0. The molecule has 0 aliphatic heterocycles. The van der Waals surface area contributed by atoms with Crippen molar-refractivity contribution >= 4 is 11.4 Å². The van der Waals surface area contributed by atoms with Crippen LogP contribution in [0.1, 0.15) is 32.6 Å². The molecule has 1 saturated carbocycles. The van der Waals surface area contributed by atoms with E-state index in [4.69, 9.17) is 0 Å². The smallest absolute Gasteiger partial charge is 0.306 e. The number of nitro groups is 1. The molecule has 0 saturated heterocycles. The summed E-state index contributed by atoms with van der Waals surface area (Å²) in [5, 5.41) is 13.8. The highest BCUT2D eigenvalue weighted by Gasteiger charge is 2.19. The number of nitro benzene ring substituents is 1. The molecular formula is C14H19FN2O2. The van der Waals surface area contributed by atoms with Crippen molar-refractivity contribution in [2.45, 2.75) is 32.6 Å². The van der Waals surface area contributed by atoms with E-state index in [-0.39, 0.29) is 0 Å². The Morgan fingerprint density at radius 1 is 1.37 bits per heavy atom. The molecule has 2 rings (SSSR count). The van der Waals surface area contributed by atoms with Crippen LogP contribution in [0.2, 0.25) is 0 Å². The van der Waals surface area contributed by atoms with Crippen LogP contribution in [0.3, 0.4) is 0 Å². The van der Waals surface area contributed by atoms with Crippen LogP contribution in [0.15, 0.2) is 18.2 Å². The molecule has 104 valence electrons. The van der Waals surface area contributed by atoms with Gasteiger partial charge in [0.2, 0.25) is 5.82 Å². The summed E-state index contributed by atoms with van der Waals surface area (Å²) in [7, 11) is 0. The molecule has 19 heavy (non-hydrogen) atoms. The van der Waals surface area contributed by atoms with Crippen LogP contribution in [0, 0.1) is 27.8 Å². The molecule has 1 N–H and O–H groups in total. The molecule has 0 spiro atoms. The van der Waals surface area contributed by atoms with E-state index in [0.29, 0.717) is 11.6 Å². The number of hydrogen-bond donors (Lipinski definition) is 1. The van der Waals surface area contributed by atoms with Crippen molar-refractivity contribution in [3.63, 3.8) is 0 Å². The fourth-order valence-corrected chi connectivity index (χ4v) is 2.56. The third-order valence-electron chi connectivity index (χ3n) is 3.87. The van der Waals surface area contributed by atoms with Crippen molar-refractivity contribution in [2.24, 2.45) is 11.8 Å². The molecule has 5 heteroatoms. The SMILES string of the molecule is CC1CCC(CNc2ccc(F)c([N+](=O)[O-])c2)CC1. The third kappa shape index (κ3) is 3.66. The number of anilines is 1. The topological polar surface area (TPSA) is 55.2 Å². The largest absolute Gasteiger partial charge is 0.385 e. The van der Waals surface area contributed by atoms with E-state index >= 15 is 0 Å². The van der Waals surface area contributed by atoms with E-state index in [0.717, 1.165) is 18.5 Å². The third-order valence-corrected chi connectivity index (χ3v) is 3.87. The molecule has 0 radical (unpaired) electrons. The summed E-state index contributed by atoms with van der Waals surface area (Å²) in [5.41, 5.74) is 0.147. The predicted molar refractivity (Wildman–Crippen MR) is 72.7 cm³/mol. The van der Waals surface area contributed by atoms with Crippen molar-refractivity contribution in [1.29, 1.82) is 0 Å². The zero-order valence-electron chi connectivity index (χ0n) is 11.1. The molecule has 0 aromatic heterocycles. The Morgan fingerprint density at radius 2 is 2.05 bits per heavy atom. The number of benzene rings is 1. The lowest BCUT2D eigenvalue weighted by Crippen LogP contribution is -2.20. The van der Waals surface area contributed by atoms with E-state index in [1.165, 1.54) is 31.7 Å². The van der Waals surface area contributed by atoms with Crippen molar-refractivity contribution < 1.29 is 9.31 Å². The molecule has 4 nitrogen and oxygen atoms in total. The van der Waals surface area contributed by atoms with E-state index in [1.54, 1.807) is 6.07 Å². The van der Waals surface area contributed by atoms with Crippen LogP contribution in [-0.4, -0.2) is 11.5 Å². The molecule has 1 aliphatic carbocycles. The average Bonchev–Trinajstić information content (AvgIpc) is 2.39. The molecule has 1 fully saturated rings. The Kier molecular flexibility index (Phi) is 4.35. The van der Waals surface area contributed by atoms with Gasteiger partial charge in [0, 0.05) is 18.3 Å². The maximum atomic E-state index is 13.2. The molecule has 0 heterocycles. The van der Waals surface area contributed by atoms with Gasteiger partial charge in [0.25, 0.3) is 0 Å². The van der Waals surface area contributed by atoms with Gasteiger partial charge < -0.3 is 5.32 Å². The van der Waals surface area contributed by atoms with Gasteiger partial charge in [-0.25, -0.2) is 0 Å². The quantitative estimate of drug-likeness (QED) is 0.662. The molecular weight excluding hydrogens is 247 g/mol. The average molecular weight is 266 g/mol. The minimum atomic E-state index is -0.790. The van der Waals surface area contributed by atoms with Crippen LogP contribution in [0.25, 0.3) is 0 Å². The van der Waals surface area contributed by atoms with Crippen molar-refractivity contribution in [3.05, 3.63) is 34.1 Å². The normalized spacial score (nSPS) is 23.1. The van der Waals surface area contributed by atoms with Gasteiger partial charge >= 0.3 is 5.69 Å². The van der Waals surface area contributed by atoms with Crippen molar-refractivity contribution in [1.82, 2.24) is 0 Å². The molecule has 1 aliphatic rings. The second kappa shape index (κ2) is 5.99. The summed E-state index contributed by atoms with van der Waals surface area (Å²) < 4.78 is 13.2. The number of halogens is 1. The maximum Gasteiger partial charge on any atom is 0.306 e. The van der Waals surface area contributed by atoms with Gasteiger partial charge in [-0.2, -0.15) is 4.39 Å². The lowest BCUT2D eigenvalue weighted by Gasteiger charge is -2.26. The van der Waals surface area contributed by atoms with E-state index < -0.39 is 16.4 Å². The van der Waals surface area contributed by atoms with Crippen LogP contribution in [0.4, 0.5) is 15.8 Å². The lowest BCUT2D eigenvalue weighted by atomic mass is 9.83. The van der Waals surface area contributed by atoms with Gasteiger partial charge in [0.1, 0.15) is 0 Å². The molecule has 0 atom stereocenters. The zero-order valence-corrected chi connectivity index (χ0v) is 11.1. The van der Waals surface area contributed by atoms with Gasteiger partial charge in [-0.05, 0) is 36.8 Å². The number of hydrogen-bond acceptors (Lipinski definition) is 3. The van der Waals surface area contributed by atoms with Crippen LogP contribution in [0.5, 0.6) is 0 Å². The highest BCUT2D eigenvalue weighted by atomic mass is 19.1. The fourth-order valence-electron chi connectivity index (χ4n) is 2.56. The van der Waals surface area contributed by atoms with Gasteiger partial charge in [-0.15, -0.1) is 0 Å². The molecule has 1 aromatic rings. The predicted octanol–water partition coefficient (Wildman–Crippen LogP) is 3.97. The minimum Gasteiger partial charge on any atom is -0.385 e. The van der Waals surface area contributed by atoms with Gasteiger partial charge in [-0.3, -0.25) is 10.1 Å². The highest BCUT2D eigenvalue weighted by Crippen LogP contribution is 2.29. The molecule has 1 aromatic carbocycles. The van der Waals surface area contributed by atoms with Crippen molar-refractivity contribution in [2.75, 3.05) is 11.9 Å². The standard InChI is InChI=1S/C14H19FN2O2/c1-10-2-4-11(5-3-10)9-16-12-6-7-13(15)14(8-12)17(18)19/h6-8,10-11,16H,2-5,9H2,1H3. The van der Waals surface area contributed by atoms with Gasteiger partial charge in [-0.1, -0.05) is 19.8 Å². The van der Waals surface area contributed by atoms with Crippen LogP contribution >= 0.6 is 0 Å². The number of rotatable bonds is 4. The van der Waals surface area contributed by atoms with E-state index in [9.17, 15) is 14.5 Å². The Bertz CT molecular complexity index is 457. The first-order chi connectivity index (χ1) is 9.06. The first-order valence-electron chi connectivity index (χ1n) is 6.74.